The number of amides is 2. The van der Waals surface area contributed by atoms with Gasteiger partial charge in [0.2, 0.25) is 0 Å². The average molecular weight is 302 g/mol. The fourth-order valence-electron chi connectivity index (χ4n) is 1.60. The van der Waals surface area contributed by atoms with E-state index >= 15 is 0 Å². The topological polar surface area (TPSA) is 32.8 Å². The molecule has 0 radical (unpaired) electrons. The van der Waals surface area contributed by atoms with Gasteiger partial charge in [0.05, 0.1) is 5.69 Å². The fourth-order valence-corrected chi connectivity index (χ4v) is 2.31. The molecule has 0 aliphatic carbocycles. The molecule has 0 atom stereocenters. The van der Waals surface area contributed by atoms with Gasteiger partial charge >= 0.3 is 6.03 Å². The Morgan fingerprint density at radius 2 is 1.62 bits per heavy atom. The molecule has 5 heteroatoms. The number of para-hydroxylation sites is 1. The van der Waals surface area contributed by atoms with Crippen molar-refractivity contribution in [3.63, 3.8) is 0 Å². The summed E-state index contributed by atoms with van der Waals surface area (Å²) in [7, 11) is 3.43. The van der Waals surface area contributed by atoms with Gasteiger partial charge in [-0.15, -0.1) is 0 Å². The Morgan fingerprint density at radius 1 is 1.00 bits per heavy atom. The van der Waals surface area contributed by atoms with Crippen LogP contribution < -0.4 is 8.49 Å². The first-order valence-electron chi connectivity index (χ1n) is 6.55. The highest BCUT2D eigenvalue weighted by atomic mass is 32.2. The summed E-state index contributed by atoms with van der Waals surface area (Å²) in [6.07, 6.45) is 0. The molecular weight excluding hydrogens is 284 g/mol. The summed E-state index contributed by atoms with van der Waals surface area (Å²) >= 11 is 1.01. The van der Waals surface area contributed by atoms with Gasteiger partial charge in [-0.05, 0) is 31.2 Å². The molecule has 0 aliphatic rings. The van der Waals surface area contributed by atoms with Crippen molar-refractivity contribution in [3.05, 3.63) is 60.2 Å². The van der Waals surface area contributed by atoms with Crippen molar-refractivity contribution in [2.75, 3.05) is 18.4 Å². The lowest BCUT2D eigenvalue weighted by Gasteiger charge is -2.23. The number of aryl methyl sites for hydroxylation is 1. The van der Waals surface area contributed by atoms with Crippen molar-refractivity contribution in [1.29, 1.82) is 0 Å². The van der Waals surface area contributed by atoms with E-state index < -0.39 is 0 Å². The molecule has 0 spiro atoms. The SMILES string of the molecule is Cc1ccc(OSN(C(=O)N(C)C)c2ccccc2)cc1. The van der Waals surface area contributed by atoms with Crippen LogP contribution in [-0.2, 0) is 0 Å². The normalized spacial score (nSPS) is 10.0. The minimum absolute atomic E-state index is 0.154. The van der Waals surface area contributed by atoms with Crippen LogP contribution in [0, 0.1) is 6.92 Å². The van der Waals surface area contributed by atoms with Gasteiger partial charge in [-0.1, -0.05) is 35.9 Å². The molecule has 0 heterocycles. The first-order valence-corrected chi connectivity index (χ1v) is 7.25. The van der Waals surface area contributed by atoms with Gasteiger partial charge in [0, 0.05) is 14.1 Å². The van der Waals surface area contributed by atoms with Crippen LogP contribution in [0.15, 0.2) is 54.6 Å². The summed E-state index contributed by atoms with van der Waals surface area (Å²) in [6, 6.07) is 17.0. The van der Waals surface area contributed by atoms with Gasteiger partial charge < -0.3 is 9.08 Å². The fraction of sp³-hybridized carbons (Fsp3) is 0.188. The van der Waals surface area contributed by atoms with E-state index in [4.69, 9.17) is 4.18 Å². The minimum atomic E-state index is -0.154. The molecule has 0 fully saturated rings. The molecule has 110 valence electrons. The zero-order chi connectivity index (χ0) is 15.2. The van der Waals surface area contributed by atoms with Gasteiger partial charge in [0.1, 0.15) is 5.75 Å². The molecule has 2 aromatic rings. The van der Waals surface area contributed by atoms with Crippen molar-refractivity contribution >= 4 is 23.9 Å². The predicted molar refractivity (Wildman–Crippen MR) is 87.4 cm³/mol. The van der Waals surface area contributed by atoms with Gasteiger partial charge in [-0.25, -0.2) is 9.10 Å². The number of hydrogen-bond acceptors (Lipinski definition) is 3. The zero-order valence-corrected chi connectivity index (χ0v) is 13.1. The average Bonchev–Trinajstić information content (AvgIpc) is 2.50. The predicted octanol–water partition coefficient (Wildman–Crippen LogP) is 4.13. The van der Waals surface area contributed by atoms with Crippen LogP contribution in [0.2, 0.25) is 0 Å². The Hall–Kier alpha value is -2.14. The lowest BCUT2D eigenvalue weighted by Crippen LogP contribution is -2.35. The maximum atomic E-state index is 12.3. The van der Waals surface area contributed by atoms with Crippen LogP contribution in [-0.4, -0.2) is 25.0 Å². The summed E-state index contributed by atoms with van der Waals surface area (Å²) in [4.78, 5) is 13.8. The number of nitrogens with zero attached hydrogens (tertiary/aromatic N) is 2. The molecule has 0 saturated heterocycles. The number of hydrogen-bond donors (Lipinski definition) is 0. The Balaban J connectivity index is 2.13. The summed E-state index contributed by atoms with van der Waals surface area (Å²) in [6.45, 7) is 2.02. The number of carbonyl (C=O) groups excluding carboxylic acids is 1. The zero-order valence-electron chi connectivity index (χ0n) is 12.3. The summed E-state index contributed by atoms with van der Waals surface area (Å²) in [5, 5.41) is 0. The highest BCUT2D eigenvalue weighted by Gasteiger charge is 2.20. The molecule has 0 aliphatic heterocycles. The third-order valence-corrected chi connectivity index (χ3v) is 3.56. The molecule has 21 heavy (non-hydrogen) atoms. The van der Waals surface area contributed by atoms with Crippen molar-refractivity contribution < 1.29 is 8.98 Å². The number of carbonyl (C=O) groups is 1. The number of rotatable bonds is 4. The third kappa shape index (κ3) is 4.16. The Morgan fingerprint density at radius 3 is 2.19 bits per heavy atom. The Labute approximate surface area is 129 Å². The van der Waals surface area contributed by atoms with Gasteiger partial charge in [0.25, 0.3) is 0 Å². The molecule has 0 bridgehead atoms. The molecule has 2 rings (SSSR count). The standard InChI is InChI=1S/C16H18N2O2S/c1-13-9-11-15(12-10-13)20-21-18(16(19)17(2)3)14-7-5-4-6-8-14/h4-12H,1-3H3. The summed E-state index contributed by atoms with van der Waals surface area (Å²) in [5.41, 5.74) is 1.94. The van der Waals surface area contributed by atoms with Gasteiger partial charge in [0.15, 0.2) is 12.2 Å². The second-order valence-corrected chi connectivity index (χ2v) is 5.46. The lowest BCUT2D eigenvalue weighted by atomic mass is 10.2. The highest BCUT2D eigenvalue weighted by molar-refractivity contribution is 7.97. The molecule has 4 nitrogen and oxygen atoms in total. The molecule has 0 N–H and O–H groups in total. The lowest BCUT2D eigenvalue weighted by molar-refractivity contribution is 0.228. The second-order valence-electron chi connectivity index (χ2n) is 4.78. The van der Waals surface area contributed by atoms with E-state index in [0.717, 1.165) is 23.5 Å². The molecule has 2 amide bonds. The van der Waals surface area contributed by atoms with E-state index in [9.17, 15) is 4.79 Å². The second kappa shape index (κ2) is 7.04. The van der Waals surface area contributed by atoms with Crippen LogP contribution >= 0.6 is 12.2 Å². The van der Waals surface area contributed by atoms with E-state index in [1.807, 2.05) is 61.5 Å². The van der Waals surface area contributed by atoms with E-state index in [2.05, 4.69) is 0 Å². The van der Waals surface area contributed by atoms with E-state index in [-0.39, 0.29) is 6.03 Å². The molecular formula is C16H18N2O2S. The van der Waals surface area contributed by atoms with Crippen LogP contribution in [0.1, 0.15) is 5.56 Å². The van der Waals surface area contributed by atoms with Crippen molar-refractivity contribution in [2.45, 2.75) is 6.92 Å². The quantitative estimate of drug-likeness (QED) is 0.629. The molecule has 0 aromatic heterocycles. The molecule has 0 saturated carbocycles. The van der Waals surface area contributed by atoms with Crippen molar-refractivity contribution in [1.82, 2.24) is 4.90 Å². The maximum Gasteiger partial charge on any atom is 0.336 e. The van der Waals surface area contributed by atoms with Crippen molar-refractivity contribution in [2.24, 2.45) is 0 Å². The molecule has 0 unspecified atom stereocenters. The van der Waals surface area contributed by atoms with Gasteiger partial charge in [-0.2, -0.15) is 0 Å². The largest absolute Gasteiger partial charge is 0.405 e. The number of anilines is 1. The van der Waals surface area contributed by atoms with Crippen molar-refractivity contribution in [3.8, 4) is 5.75 Å². The summed E-state index contributed by atoms with van der Waals surface area (Å²) in [5.74, 6) is 0.707. The monoisotopic (exact) mass is 302 g/mol. The summed E-state index contributed by atoms with van der Waals surface area (Å²) < 4.78 is 7.16. The first kappa shape index (κ1) is 15.3. The molecule has 2 aromatic carbocycles. The maximum absolute atomic E-state index is 12.3. The Kier molecular flexibility index (Phi) is 5.11. The van der Waals surface area contributed by atoms with Crippen LogP contribution in [0.25, 0.3) is 0 Å². The minimum Gasteiger partial charge on any atom is -0.405 e. The van der Waals surface area contributed by atoms with Gasteiger partial charge in [-0.3, -0.25) is 0 Å². The first-order chi connectivity index (χ1) is 10.1. The van der Waals surface area contributed by atoms with E-state index in [0.29, 0.717) is 5.75 Å². The van der Waals surface area contributed by atoms with E-state index in [1.54, 1.807) is 14.1 Å². The number of benzene rings is 2. The van der Waals surface area contributed by atoms with Crippen LogP contribution in [0.3, 0.4) is 0 Å². The Bertz CT molecular complexity index is 585. The van der Waals surface area contributed by atoms with Crippen LogP contribution in [0.5, 0.6) is 5.75 Å². The third-order valence-electron chi connectivity index (χ3n) is 2.78. The van der Waals surface area contributed by atoms with Crippen LogP contribution in [0.4, 0.5) is 10.5 Å². The number of urea groups is 1. The van der Waals surface area contributed by atoms with E-state index in [1.165, 1.54) is 9.21 Å². The smallest absolute Gasteiger partial charge is 0.336 e. The highest BCUT2D eigenvalue weighted by Crippen LogP contribution is 2.26.